The zero-order valence-electron chi connectivity index (χ0n) is 21.2. The number of nitrogens with zero attached hydrogens (tertiary/aromatic N) is 6. The van der Waals surface area contributed by atoms with Crippen LogP contribution in [-0.4, -0.2) is 72.3 Å². The monoisotopic (exact) mass is 486 g/mol. The van der Waals surface area contributed by atoms with Gasteiger partial charge in [0.05, 0.1) is 30.2 Å². The quantitative estimate of drug-likeness (QED) is 0.419. The number of aromatic nitrogens is 3. The molecule has 3 aromatic rings. The molecule has 0 spiro atoms. The minimum Gasteiger partial charge on any atom is -0.495 e. The number of para-hydroxylation sites is 1. The number of fused-ring (bicyclic) bond motifs is 1. The molecule has 188 valence electrons. The first-order valence-electron chi connectivity index (χ1n) is 12.0. The van der Waals surface area contributed by atoms with Crippen molar-refractivity contribution in [3.05, 3.63) is 60.8 Å². The van der Waals surface area contributed by atoms with Crippen LogP contribution in [0.3, 0.4) is 0 Å². The summed E-state index contributed by atoms with van der Waals surface area (Å²) in [5.74, 6) is 0.734. The van der Waals surface area contributed by atoms with Gasteiger partial charge in [0.2, 0.25) is 0 Å². The Morgan fingerprint density at radius 1 is 1.22 bits per heavy atom. The van der Waals surface area contributed by atoms with Crippen molar-refractivity contribution in [1.82, 2.24) is 25.2 Å². The second kappa shape index (κ2) is 11.6. The van der Waals surface area contributed by atoms with Crippen LogP contribution in [0.15, 0.2) is 65.2 Å². The molecule has 1 aliphatic heterocycles. The van der Waals surface area contributed by atoms with Gasteiger partial charge in [-0.25, -0.2) is 4.68 Å². The van der Waals surface area contributed by atoms with E-state index in [1.807, 2.05) is 49.4 Å². The van der Waals surface area contributed by atoms with Gasteiger partial charge in [0.25, 0.3) is 0 Å². The molecule has 0 unspecified atom stereocenters. The summed E-state index contributed by atoms with van der Waals surface area (Å²) in [6.07, 6.45) is 3.87. The summed E-state index contributed by atoms with van der Waals surface area (Å²) in [5.41, 5.74) is 5.90. The number of likely N-dealkylation sites (tertiary alicyclic amines) is 1. The smallest absolute Gasteiger partial charge is 0.142 e. The largest absolute Gasteiger partial charge is 0.495 e. The van der Waals surface area contributed by atoms with Crippen LogP contribution < -0.4 is 15.4 Å². The van der Waals surface area contributed by atoms with Crippen molar-refractivity contribution in [3.8, 4) is 5.75 Å². The number of nitrogens with one attached hydrogen (secondary N) is 2. The van der Waals surface area contributed by atoms with Gasteiger partial charge in [-0.3, -0.25) is 9.98 Å². The summed E-state index contributed by atoms with van der Waals surface area (Å²) < 4.78 is 7.37. The van der Waals surface area contributed by atoms with Crippen LogP contribution >= 0.6 is 0 Å². The highest BCUT2D eigenvalue weighted by Gasteiger charge is 2.17. The van der Waals surface area contributed by atoms with E-state index in [1.165, 1.54) is 0 Å². The zero-order chi connectivity index (χ0) is 25.5. The molecule has 1 aliphatic rings. The van der Waals surface area contributed by atoms with E-state index in [0.29, 0.717) is 18.4 Å². The molecule has 36 heavy (non-hydrogen) atoms. The number of anilines is 1. The topological polar surface area (TPSA) is 92.0 Å². The molecule has 4 rings (SSSR count). The Kier molecular flexibility index (Phi) is 8.12. The number of allylic oxidation sites excluding steroid dienone is 1. The van der Waals surface area contributed by atoms with Crippen LogP contribution in [0.2, 0.25) is 0 Å². The number of benzene rings is 2. The summed E-state index contributed by atoms with van der Waals surface area (Å²) in [6, 6.07) is 14.2. The van der Waals surface area contributed by atoms with E-state index >= 15 is 0 Å². The number of ether oxygens (including phenoxy) is 1. The Hall–Kier alpha value is -3.98. The Labute approximate surface area is 212 Å². The third-order valence-corrected chi connectivity index (χ3v) is 6.40. The first-order valence-corrected chi connectivity index (χ1v) is 12.0. The molecule has 1 fully saturated rings. The number of methoxy groups -OCH3 is 1. The summed E-state index contributed by atoms with van der Waals surface area (Å²) in [5, 5.41) is 15.4. The standard InChI is InChI=1S/C27H34N8O/c1-19(31-22-12-14-34(4)15-13-22)21-10-11-24(27(16-21)36-5)30-18-29-20(2)26(17-28-3)35-25-9-7-6-8-23(25)32-33-35/h6-11,16-17,22,30-31H,1,3,12-15,18H2,2,4-5H3/b26-17+,29-20-. The van der Waals surface area contributed by atoms with E-state index in [0.717, 1.165) is 65.4 Å². The third kappa shape index (κ3) is 5.80. The van der Waals surface area contributed by atoms with Gasteiger partial charge in [-0.2, -0.15) is 0 Å². The van der Waals surface area contributed by atoms with Crippen LogP contribution in [0.4, 0.5) is 5.69 Å². The van der Waals surface area contributed by atoms with Crippen LogP contribution in [0.5, 0.6) is 5.75 Å². The molecule has 2 N–H and O–H groups in total. The third-order valence-electron chi connectivity index (χ3n) is 6.40. The van der Waals surface area contributed by atoms with E-state index in [4.69, 9.17) is 4.74 Å². The fourth-order valence-electron chi connectivity index (χ4n) is 4.27. The van der Waals surface area contributed by atoms with Crippen molar-refractivity contribution in [3.63, 3.8) is 0 Å². The van der Waals surface area contributed by atoms with Gasteiger partial charge >= 0.3 is 0 Å². The first-order chi connectivity index (χ1) is 17.5. The van der Waals surface area contributed by atoms with E-state index in [-0.39, 0.29) is 0 Å². The highest BCUT2D eigenvalue weighted by molar-refractivity contribution is 6.18. The van der Waals surface area contributed by atoms with Crippen LogP contribution in [0.25, 0.3) is 22.4 Å². The average Bonchev–Trinajstić information content (AvgIpc) is 3.32. The van der Waals surface area contributed by atoms with Crippen molar-refractivity contribution >= 4 is 40.5 Å². The maximum atomic E-state index is 5.65. The van der Waals surface area contributed by atoms with Gasteiger partial charge < -0.3 is 20.3 Å². The minimum absolute atomic E-state index is 0.345. The normalized spacial score (nSPS) is 15.6. The zero-order valence-corrected chi connectivity index (χ0v) is 21.2. The molecule has 1 saturated heterocycles. The highest BCUT2D eigenvalue weighted by atomic mass is 16.5. The molecule has 9 nitrogen and oxygen atoms in total. The Morgan fingerprint density at radius 3 is 2.75 bits per heavy atom. The predicted molar refractivity (Wildman–Crippen MR) is 149 cm³/mol. The van der Waals surface area contributed by atoms with Gasteiger partial charge in [-0.1, -0.05) is 30.0 Å². The lowest BCUT2D eigenvalue weighted by atomic mass is 10.0. The maximum absolute atomic E-state index is 5.65. The number of rotatable bonds is 10. The Balaban J connectivity index is 1.43. The lowest BCUT2D eigenvalue weighted by Crippen LogP contribution is -2.39. The molecule has 0 bridgehead atoms. The van der Waals surface area contributed by atoms with Crippen molar-refractivity contribution in [2.24, 2.45) is 9.98 Å². The lowest BCUT2D eigenvalue weighted by molar-refractivity contribution is 0.245. The molecule has 0 amide bonds. The molecule has 0 atom stereocenters. The lowest BCUT2D eigenvalue weighted by Gasteiger charge is -2.30. The molecule has 9 heteroatoms. The molecule has 0 radical (unpaired) electrons. The molecule has 1 aromatic heterocycles. The van der Waals surface area contributed by atoms with E-state index in [2.05, 4.69) is 56.2 Å². The van der Waals surface area contributed by atoms with Crippen molar-refractivity contribution < 1.29 is 4.74 Å². The van der Waals surface area contributed by atoms with E-state index < -0.39 is 0 Å². The highest BCUT2D eigenvalue weighted by Crippen LogP contribution is 2.28. The van der Waals surface area contributed by atoms with Gasteiger partial charge in [0.15, 0.2) is 0 Å². The molecule has 0 aliphatic carbocycles. The second-order valence-electron chi connectivity index (χ2n) is 8.88. The van der Waals surface area contributed by atoms with E-state index in [9.17, 15) is 0 Å². The Bertz CT molecular complexity index is 1280. The Morgan fingerprint density at radius 2 is 2.00 bits per heavy atom. The molecule has 2 aromatic carbocycles. The predicted octanol–water partition coefficient (Wildman–Crippen LogP) is 4.12. The number of piperidine rings is 1. The van der Waals surface area contributed by atoms with E-state index in [1.54, 1.807) is 18.0 Å². The fraction of sp³-hybridized carbons (Fsp3) is 0.333. The number of hydrogen-bond acceptors (Lipinski definition) is 8. The molecule has 2 heterocycles. The minimum atomic E-state index is 0.345. The SMILES string of the molecule is C=N/C=C(\C(C)=N/CNc1ccc(C(=C)NC2CCN(C)CC2)cc1OC)n1nnc2ccccc21. The van der Waals surface area contributed by atoms with Crippen LogP contribution in [0, 0.1) is 0 Å². The van der Waals surface area contributed by atoms with Crippen molar-refractivity contribution in [2.75, 3.05) is 39.2 Å². The first kappa shape index (κ1) is 25.1. The molecule has 0 saturated carbocycles. The number of hydrogen-bond donors (Lipinski definition) is 2. The number of aliphatic imine (C=N–C) groups is 2. The maximum Gasteiger partial charge on any atom is 0.142 e. The summed E-state index contributed by atoms with van der Waals surface area (Å²) in [6.45, 7) is 12.3. The van der Waals surface area contributed by atoms with Gasteiger partial charge in [0.1, 0.15) is 23.6 Å². The fourth-order valence-corrected chi connectivity index (χ4v) is 4.27. The summed E-state index contributed by atoms with van der Waals surface area (Å²) in [7, 11) is 3.83. The van der Waals surface area contributed by atoms with Gasteiger partial charge in [-0.05, 0) is 70.9 Å². The molecular formula is C27H34N8O. The summed E-state index contributed by atoms with van der Waals surface area (Å²) >= 11 is 0. The van der Waals surface area contributed by atoms with Crippen LogP contribution in [0.1, 0.15) is 25.3 Å². The summed E-state index contributed by atoms with van der Waals surface area (Å²) in [4.78, 5) is 11.0. The van der Waals surface area contributed by atoms with Gasteiger partial charge in [0, 0.05) is 17.3 Å². The van der Waals surface area contributed by atoms with Crippen molar-refractivity contribution in [2.45, 2.75) is 25.8 Å². The average molecular weight is 487 g/mol. The van der Waals surface area contributed by atoms with Crippen LogP contribution in [-0.2, 0) is 0 Å². The second-order valence-corrected chi connectivity index (χ2v) is 8.88. The van der Waals surface area contributed by atoms with Crippen molar-refractivity contribution in [1.29, 1.82) is 0 Å². The molecular weight excluding hydrogens is 452 g/mol. The van der Waals surface area contributed by atoms with Gasteiger partial charge in [-0.15, -0.1) is 5.10 Å².